The van der Waals surface area contributed by atoms with E-state index in [4.69, 9.17) is 9.47 Å². The van der Waals surface area contributed by atoms with Crippen molar-refractivity contribution in [2.45, 2.75) is 26.3 Å². The molecule has 1 N–H and O–H groups in total. The molecule has 29 heavy (non-hydrogen) atoms. The molecular formula is C22H24BrN3O3. The molecule has 0 atom stereocenters. The molecule has 3 aromatic rings. The lowest BCUT2D eigenvalue weighted by Crippen LogP contribution is -2.13. The number of imidazole rings is 1. The maximum atomic E-state index is 12.8. The topological polar surface area (TPSA) is 65.4 Å². The molecule has 0 aliphatic heterocycles. The van der Waals surface area contributed by atoms with E-state index >= 15 is 0 Å². The zero-order valence-corrected chi connectivity index (χ0v) is 18.5. The summed E-state index contributed by atoms with van der Waals surface area (Å²) in [4.78, 5) is 17.2. The number of rotatable bonds is 7. The Kier molecular flexibility index (Phi) is 6.59. The molecule has 1 amide bonds. The predicted octanol–water partition coefficient (Wildman–Crippen LogP) is 5.09. The van der Waals surface area contributed by atoms with Crippen LogP contribution in [0.25, 0.3) is 0 Å². The van der Waals surface area contributed by atoms with Gasteiger partial charge < -0.3 is 19.4 Å². The Morgan fingerprint density at radius 1 is 1.17 bits per heavy atom. The Balaban J connectivity index is 1.80. The van der Waals surface area contributed by atoms with Crippen LogP contribution in [0.4, 0.5) is 5.69 Å². The van der Waals surface area contributed by atoms with E-state index in [1.165, 1.54) is 0 Å². The Morgan fingerprint density at radius 2 is 1.86 bits per heavy atom. The van der Waals surface area contributed by atoms with Gasteiger partial charge in [0, 0.05) is 36.1 Å². The van der Waals surface area contributed by atoms with Gasteiger partial charge in [-0.2, -0.15) is 0 Å². The number of hydrogen-bond donors (Lipinski definition) is 1. The third kappa shape index (κ3) is 4.79. The second kappa shape index (κ2) is 9.13. The first kappa shape index (κ1) is 20.9. The van der Waals surface area contributed by atoms with Gasteiger partial charge in [-0.15, -0.1) is 0 Å². The minimum Gasteiger partial charge on any atom is -0.495 e. The molecule has 1 aromatic heterocycles. The number of hydrogen-bond acceptors (Lipinski definition) is 4. The maximum absolute atomic E-state index is 12.8. The highest BCUT2D eigenvalue weighted by Crippen LogP contribution is 2.35. The summed E-state index contributed by atoms with van der Waals surface area (Å²) in [6.07, 6.45) is 3.79. The number of halogens is 1. The molecule has 0 saturated carbocycles. The third-order valence-electron chi connectivity index (χ3n) is 4.51. The molecule has 0 aliphatic rings. The van der Waals surface area contributed by atoms with Gasteiger partial charge >= 0.3 is 0 Å². The standard InChI is InChI=1S/C22H24BrN3O3/c1-14(2)21-24-8-9-26(21)13-15-6-5-7-17(10-15)25-22(27)16-11-18(28-3)20(23)19(12-16)29-4/h5-12,14H,13H2,1-4H3,(H,25,27). The van der Waals surface area contributed by atoms with Gasteiger partial charge in [-0.05, 0) is 45.8 Å². The molecule has 152 valence electrons. The molecule has 0 spiro atoms. The predicted molar refractivity (Wildman–Crippen MR) is 117 cm³/mol. The Hall–Kier alpha value is -2.80. The van der Waals surface area contributed by atoms with E-state index in [0.29, 0.717) is 34.0 Å². The summed E-state index contributed by atoms with van der Waals surface area (Å²) in [6.45, 7) is 4.93. The number of anilines is 1. The molecular weight excluding hydrogens is 434 g/mol. The van der Waals surface area contributed by atoms with Crippen LogP contribution in [0.2, 0.25) is 0 Å². The largest absolute Gasteiger partial charge is 0.495 e. The van der Waals surface area contributed by atoms with Crippen molar-refractivity contribution in [2.24, 2.45) is 0 Å². The van der Waals surface area contributed by atoms with Gasteiger partial charge in [-0.25, -0.2) is 4.98 Å². The van der Waals surface area contributed by atoms with E-state index in [1.54, 1.807) is 26.4 Å². The number of aromatic nitrogens is 2. The van der Waals surface area contributed by atoms with Crippen LogP contribution in [-0.4, -0.2) is 29.7 Å². The Labute approximate surface area is 179 Å². The molecule has 0 bridgehead atoms. The number of carbonyl (C=O) groups excluding carboxylic acids is 1. The van der Waals surface area contributed by atoms with Gasteiger partial charge in [0.1, 0.15) is 21.8 Å². The fraction of sp³-hybridized carbons (Fsp3) is 0.273. The fourth-order valence-corrected chi connectivity index (χ4v) is 3.66. The van der Waals surface area contributed by atoms with Crippen molar-refractivity contribution < 1.29 is 14.3 Å². The monoisotopic (exact) mass is 457 g/mol. The molecule has 7 heteroatoms. The highest BCUT2D eigenvalue weighted by molar-refractivity contribution is 9.10. The van der Waals surface area contributed by atoms with Crippen molar-refractivity contribution in [3.05, 3.63) is 70.2 Å². The van der Waals surface area contributed by atoms with Crippen LogP contribution in [0.3, 0.4) is 0 Å². The SMILES string of the molecule is COc1cc(C(=O)Nc2cccc(Cn3ccnc3C(C)C)c2)cc(OC)c1Br. The van der Waals surface area contributed by atoms with Gasteiger partial charge in [0.05, 0.1) is 14.2 Å². The summed E-state index contributed by atoms with van der Waals surface area (Å²) in [6, 6.07) is 11.1. The molecule has 0 aliphatic carbocycles. The molecule has 1 heterocycles. The van der Waals surface area contributed by atoms with Crippen LogP contribution in [0, 0.1) is 0 Å². The highest BCUT2D eigenvalue weighted by Gasteiger charge is 2.15. The zero-order chi connectivity index (χ0) is 21.0. The minimum atomic E-state index is -0.239. The van der Waals surface area contributed by atoms with Gasteiger partial charge in [-0.3, -0.25) is 4.79 Å². The molecule has 6 nitrogen and oxygen atoms in total. The second-order valence-electron chi connectivity index (χ2n) is 6.92. The van der Waals surface area contributed by atoms with E-state index < -0.39 is 0 Å². The molecule has 2 aromatic carbocycles. The number of benzene rings is 2. The minimum absolute atomic E-state index is 0.239. The second-order valence-corrected chi connectivity index (χ2v) is 7.71. The average Bonchev–Trinajstić information content (AvgIpc) is 3.16. The van der Waals surface area contributed by atoms with E-state index in [2.05, 4.69) is 44.6 Å². The van der Waals surface area contributed by atoms with Crippen LogP contribution in [0.1, 0.15) is 41.5 Å². The average molecular weight is 458 g/mol. The first-order valence-corrected chi connectivity index (χ1v) is 10.0. The van der Waals surface area contributed by atoms with Crippen molar-refractivity contribution in [1.82, 2.24) is 9.55 Å². The van der Waals surface area contributed by atoms with E-state index in [0.717, 1.165) is 17.1 Å². The highest BCUT2D eigenvalue weighted by atomic mass is 79.9. The summed E-state index contributed by atoms with van der Waals surface area (Å²) in [5.74, 6) is 2.20. The van der Waals surface area contributed by atoms with Crippen LogP contribution in [0.15, 0.2) is 53.3 Å². The summed E-state index contributed by atoms with van der Waals surface area (Å²) in [5.41, 5.74) is 2.25. The summed E-state index contributed by atoms with van der Waals surface area (Å²) < 4.78 is 13.4. The number of methoxy groups -OCH3 is 2. The van der Waals surface area contributed by atoms with Crippen molar-refractivity contribution in [3.63, 3.8) is 0 Å². The van der Waals surface area contributed by atoms with Gasteiger partial charge in [-0.1, -0.05) is 26.0 Å². The smallest absolute Gasteiger partial charge is 0.255 e. The van der Waals surface area contributed by atoms with E-state index in [1.807, 2.05) is 36.7 Å². The quantitative estimate of drug-likeness (QED) is 0.536. The van der Waals surface area contributed by atoms with Crippen molar-refractivity contribution in [1.29, 1.82) is 0 Å². The number of nitrogens with one attached hydrogen (secondary N) is 1. The summed E-state index contributed by atoms with van der Waals surface area (Å²) in [5, 5.41) is 2.95. The number of amides is 1. The van der Waals surface area contributed by atoms with Crippen molar-refractivity contribution in [2.75, 3.05) is 19.5 Å². The first-order chi connectivity index (χ1) is 13.9. The maximum Gasteiger partial charge on any atom is 0.255 e. The molecule has 0 radical (unpaired) electrons. The summed E-state index contributed by atoms with van der Waals surface area (Å²) >= 11 is 3.42. The number of ether oxygens (including phenoxy) is 2. The van der Waals surface area contributed by atoms with Gasteiger partial charge in [0.15, 0.2) is 0 Å². The molecule has 0 saturated heterocycles. The van der Waals surface area contributed by atoms with Crippen LogP contribution < -0.4 is 14.8 Å². The number of carbonyl (C=O) groups is 1. The normalized spacial score (nSPS) is 10.8. The molecule has 3 rings (SSSR count). The third-order valence-corrected chi connectivity index (χ3v) is 5.29. The lowest BCUT2D eigenvalue weighted by Gasteiger charge is -2.13. The van der Waals surface area contributed by atoms with Crippen molar-refractivity contribution in [3.8, 4) is 11.5 Å². The van der Waals surface area contributed by atoms with Crippen LogP contribution in [-0.2, 0) is 6.54 Å². The Bertz CT molecular complexity index is 989. The van der Waals surface area contributed by atoms with Gasteiger partial charge in [0.25, 0.3) is 5.91 Å². The lowest BCUT2D eigenvalue weighted by atomic mass is 10.1. The first-order valence-electron chi connectivity index (χ1n) is 9.25. The van der Waals surface area contributed by atoms with E-state index in [9.17, 15) is 4.79 Å². The number of nitrogens with zero attached hydrogens (tertiary/aromatic N) is 2. The fourth-order valence-electron chi connectivity index (χ4n) is 3.10. The van der Waals surface area contributed by atoms with Gasteiger partial charge in [0.2, 0.25) is 0 Å². The van der Waals surface area contributed by atoms with Crippen molar-refractivity contribution >= 4 is 27.5 Å². The lowest BCUT2D eigenvalue weighted by molar-refractivity contribution is 0.102. The van der Waals surface area contributed by atoms with E-state index in [-0.39, 0.29) is 5.91 Å². The zero-order valence-electron chi connectivity index (χ0n) is 16.9. The van der Waals surface area contributed by atoms with Crippen LogP contribution >= 0.6 is 15.9 Å². The molecule has 0 unspecified atom stereocenters. The Morgan fingerprint density at radius 3 is 2.48 bits per heavy atom. The van der Waals surface area contributed by atoms with Crippen LogP contribution in [0.5, 0.6) is 11.5 Å². The summed E-state index contributed by atoms with van der Waals surface area (Å²) in [7, 11) is 3.10. The molecule has 0 fully saturated rings.